The van der Waals surface area contributed by atoms with E-state index in [1.807, 2.05) is 6.07 Å². The van der Waals surface area contributed by atoms with E-state index in [9.17, 15) is 16.8 Å². The van der Waals surface area contributed by atoms with Gasteiger partial charge in [0.25, 0.3) is 0 Å². The summed E-state index contributed by atoms with van der Waals surface area (Å²) in [5.41, 5.74) is 2.06. The minimum atomic E-state index is -3.36. The van der Waals surface area contributed by atoms with E-state index in [1.165, 1.54) is 11.8 Å². The fraction of sp³-hybridized carbons (Fsp3) is 0.552. The first-order chi connectivity index (χ1) is 19.7. The van der Waals surface area contributed by atoms with Gasteiger partial charge in [-0.15, -0.1) is 10.2 Å². The Morgan fingerprint density at radius 3 is 2.20 bits per heavy atom. The summed E-state index contributed by atoms with van der Waals surface area (Å²) in [5, 5.41) is 13.8. The van der Waals surface area contributed by atoms with Crippen LogP contribution < -0.4 is 0 Å². The molecule has 0 amide bonds. The number of nitrogens with zero attached hydrogens (tertiary/aromatic N) is 5. The molecule has 1 N–H and O–H groups in total. The number of hydrogen-bond acceptors (Lipinski definition) is 8. The zero-order chi connectivity index (χ0) is 28.9. The van der Waals surface area contributed by atoms with Crippen molar-refractivity contribution in [3.8, 4) is 11.4 Å². The highest BCUT2D eigenvalue weighted by molar-refractivity contribution is 7.91. The summed E-state index contributed by atoms with van der Waals surface area (Å²) >= 11 is 0. The molecular formula is C29H40N6O4S2. The molecule has 3 aromatic rings. The maximum absolute atomic E-state index is 13.0. The number of nitrogens with one attached hydrogen (secondary N) is 1. The van der Waals surface area contributed by atoms with Crippen LogP contribution in [0, 0.1) is 11.8 Å². The number of aromatic nitrogens is 4. The molecule has 0 bridgehead atoms. The number of hydrogen-bond donors (Lipinski definition) is 1. The van der Waals surface area contributed by atoms with E-state index in [1.54, 1.807) is 28.6 Å². The lowest BCUT2D eigenvalue weighted by atomic mass is 9.78. The van der Waals surface area contributed by atoms with Crippen molar-refractivity contribution in [2.45, 2.75) is 49.3 Å². The van der Waals surface area contributed by atoms with Crippen LogP contribution in [0.1, 0.15) is 50.0 Å². The van der Waals surface area contributed by atoms with E-state index in [0.717, 1.165) is 57.3 Å². The fourth-order valence-electron chi connectivity index (χ4n) is 6.34. The van der Waals surface area contributed by atoms with E-state index in [2.05, 4.69) is 49.8 Å². The van der Waals surface area contributed by atoms with Crippen molar-refractivity contribution >= 4 is 19.9 Å². The van der Waals surface area contributed by atoms with Gasteiger partial charge in [0.1, 0.15) is 0 Å². The molecule has 1 aromatic heterocycles. The molecule has 222 valence electrons. The summed E-state index contributed by atoms with van der Waals surface area (Å²) in [7, 11) is -6.49. The smallest absolute Gasteiger partial charge is 0.211 e. The van der Waals surface area contributed by atoms with Gasteiger partial charge in [-0.1, -0.05) is 30.3 Å². The highest BCUT2D eigenvalue weighted by Gasteiger charge is 2.31. The summed E-state index contributed by atoms with van der Waals surface area (Å²) in [4.78, 5) is 2.85. The molecule has 41 heavy (non-hydrogen) atoms. The Hall–Kier alpha value is -2.67. The predicted molar refractivity (Wildman–Crippen MR) is 158 cm³/mol. The van der Waals surface area contributed by atoms with Gasteiger partial charge in [-0.25, -0.2) is 21.1 Å². The third kappa shape index (κ3) is 7.79. The van der Waals surface area contributed by atoms with Crippen LogP contribution in [0.4, 0.5) is 0 Å². The predicted octanol–water partition coefficient (Wildman–Crippen LogP) is 3.59. The van der Waals surface area contributed by atoms with E-state index >= 15 is 0 Å². The highest BCUT2D eigenvalue weighted by Crippen LogP contribution is 2.36. The average molecular weight is 601 g/mol. The van der Waals surface area contributed by atoms with Crippen LogP contribution in [-0.4, -0.2) is 91.4 Å². The van der Waals surface area contributed by atoms with Crippen LogP contribution in [0.2, 0.25) is 0 Å². The fourth-order valence-corrected chi connectivity index (χ4v) is 8.64. The zero-order valence-electron chi connectivity index (χ0n) is 23.6. The number of H-pyrrole nitrogens is 1. The van der Waals surface area contributed by atoms with Crippen molar-refractivity contribution < 1.29 is 16.8 Å². The molecule has 2 aliphatic heterocycles. The second kappa shape index (κ2) is 13.1. The number of rotatable bonds is 11. The first kappa shape index (κ1) is 29.8. The lowest BCUT2D eigenvalue weighted by molar-refractivity contribution is 0.164. The Bertz CT molecular complexity index is 1450. The Morgan fingerprint density at radius 1 is 0.902 bits per heavy atom. The van der Waals surface area contributed by atoms with Crippen molar-refractivity contribution in [1.82, 2.24) is 29.8 Å². The van der Waals surface area contributed by atoms with Crippen molar-refractivity contribution in [1.29, 1.82) is 0 Å². The van der Waals surface area contributed by atoms with Gasteiger partial charge in [0, 0.05) is 18.7 Å². The van der Waals surface area contributed by atoms with Gasteiger partial charge < -0.3 is 4.90 Å². The molecule has 3 heterocycles. The molecule has 1 atom stereocenters. The Labute approximate surface area is 243 Å². The van der Waals surface area contributed by atoms with Gasteiger partial charge >= 0.3 is 0 Å². The van der Waals surface area contributed by atoms with Gasteiger partial charge in [0.05, 0.1) is 16.9 Å². The molecule has 0 saturated carbocycles. The molecule has 12 heteroatoms. The Kier molecular flexibility index (Phi) is 9.52. The third-order valence-corrected chi connectivity index (χ3v) is 11.9. The van der Waals surface area contributed by atoms with Gasteiger partial charge in [-0.05, 0) is 111 Å². The minimum absolute atomic E-state index is 0.154. The van der Waals surface area contributed by atoms with Crippen LogP contribution in [0.3, 0.4) is 0 Å². The van der Waals surface area contributed by atoms with Crippen molar-refractivity contribution in [2.75, 3.05) is 44.7 Å². The molecule has 2 aliphatic rings. The molecule has 2 aromatic carbocycles. The summed E-state index contributed by atoms with van der Waals surface area (Å²) in [5.74, 6) is 1.88. The van der Waals surface area contributed by atoms with Gasteiger partial charge in [-0.3, -0.25) is 0 Å². The topological polar surface area (TPSA) is 129 Å². The molecule has 10 nitrogen and oxygen atoms in total. The van der Waals surface area contributed by atoms with Crippen LogP contribution in [-0.2, 0) is 19.9 Å². The quantitative estimate of drug-likeness (QED) is 0.354. The molecule has 2 fully saturated rings. The number of likely N-dealkylation sites (tertiary alicyclic amines) is 1. The summed E-state index contributed by atoms with van der Waals surface area (Å²) in [6.45, 7) is 4.17. The standard InChI is InChI=1S/C29H40N6O4S2/c1-40(36,37)35-20-13-25(14-21-35)28(24-5-3-2-4-6-24)15-19-34-17-11-23(12-18-34)16-22-41(38,39)27-9-7-26(8-10-27)29-30-32-33-31-29/h2-10,23,25,28H,11-22H2,1H3,(H,30,31,32,33). The second-order valence-electron chi connectivity index (χ2n) is 11.5. The normalized spacial score (nSPS) is 19.3. The lowest BCUT2D eigenvalue weighted by Gasteiger charge is -2.37. The van der Waals surface area contributed by atoms with Gasteiger partial charge in [0.2, 0.25) is 15.8 Å². The number of sulfonamides is 1. The highest BCUT2D eigenvalue weighted by atomic mass is 32.2. The van der Waals surface area contributed by atoms with Crippen LogP contribution in [0.15, 0.2) is 59.5 Å². The van der Waals surface area contributed by atoms with E-state index in [0.29, 0.717) is 48.0 Å². The van der Waals surface area contributed by atoms with Crippen molar-refractivity contribution in [3.05, 3.63) is 60.2 Å². The van der Waals surface area contributed by atoms with Crippen LogP contribution in [0.5, 0.6) is 0 Å². The summed E-state index contributed by atoms with van der Waals surface area (Å²) < 4.78 is 51.6. The maximum Gasteiger partial charge on any atom is 0.211 e. The Balaban J connectivity index is 1.10. The molecule has 0 spiro atoms. The van der Waals surface area contributed by atoms with Crippen molar-refractivity contribution in [2.24, 2.45) is 11.8 Å². The van der Waals surface area contributed by atoms with Gasteiger partial charge in [0.15, 0.2) is 9.84 Å². The first-order valence-corrected chi connectivity index (χ1v) is 18.0. The summed E-state index contributed by atoms with van der Waals surface area (Å²) in [6, 6.07) is 17.3. The van der Waals surface area contributed by atoms with E-state index in [4.69, 9.17) is 0 Å². The number of sulfone groups is 1. The zero-order valence-corrected chi connectivity index (χ0v) is 25.2. The molecule has 1 unspecified atom stereocenters. The monoisotopic (exact) mass is 600 g/mol. The number of aromatic amines is 1. The van der Waals surface area contributed by atoms with E-state index in [-0.39, 0.29) is 5.75 Å². The van der Waals surface area contributed by atoms with E-state index < -0.39 is 19.9 Å². The first-order valence-electron chi connectivity index (χ1n) is 14.5. The molecule has 2 saturated heterocycles. The molecule has 0 radical (unpaired) electrons. The van der Waals surface area contributed by atoms with Crippen LogP contribution in [0.25, 0.3) is 11.4 Å². The van der Waals surface area contributed by atoms with Crippen molar-refractivity contribution in [3.63, 3.8) is 0 Å². The maximum atomic E-state index is 13.0. The largest absolute Gasteiger partial charge is 0.303 e. The lowest BCUT2D eigenvalue weighted by Crippen LogP contribution is -2.40. The average Bonchev–Trinajstić information content (AvgIpc) is 3.53. The molecule has 5 rings (SSSR count). The molecule has 0 aliphatic carbocycles. The van der Waals surface area contributed by atoms with Crippen LogP contribution >= 0.6 is 0 Å². The summed E-state index contributed by atoms with van der Waals surface area (Å²) in [6.07, 6.45) is 6.83. The number of piperidine rings is 2. The van der Waals surface area contributed by atoms with Gasteiger partial charge in [-0.2, -0.15) is 5.21 Å². The molecular weight excluding hydrogens is 560 g/mol. The second-order valence-corrected chi connectivity index (χ2v) is 15.5. The Morgan fingerprint density at radius 2 is 1.59 bits per heavy atom. The number of benzene rings is 2. The SMILES string of the molecule is CS(=O)(=O)N1CCC(C(CCN2CCC(CCS(=O)(=O)c3ccc(-c4nn[nH]n4)cc3)CC2)c2ccccc2)CC1. The number of tetrazole rings is 1. The third-order valence-electron chi connectivity index (χ3n) is 8.84. The minimum Gasteiger partial charge on any atom is -0.303 e.